The lowest BCUT2D eigenvalue weighted by molar-refractivity contribution is -0.131. The van der Waals surface area contributed by atoms with Crippen LogP contribution in [0.3, 0.4) is 0 Å². The van der Waals surface area contributed by atoms with E-state index in [1.165, 1.54) is 18.1 Å². The highest BCUT2D eigenvalue weighted by Gasteiger charge is 2.30. The Labute approximate surface area is 171 Å². The van der Waals surface area contributed by atoms with Crippen LogP contribution in [0, 0.1) is 11.6 Å². The third-order valence-corrected chi connectivity index (χ3v) is 5.22. The second kappa shape index (κ2) is 8.10. The molecule has 1 N–H and O–H groups in total. The van der Waals surface area contributed by atoms with E-state index in [9.17, 15) is 18.4 Å². The van der Waals surface area contributed by atoms with E-state index in [-0.39, 0.29) is 30.2 Å². The minimum Gasteiger partial charge on any atom is -0.481 e. The van der Waals surface area contributed by atoms with Crippen molar-refractivity contribution in [2.24, 2.45) is 0 Å². The van der Waals surface area contributed by atoms with Gasteiger partial charge in [0.15, 0.2) is 11.6 Å². The summed E-state index contributed by atoms with van der Waals surface area (Å²) in [6, 6.07) is 5.40. The van der Waals surface area contributed by atoms with Gasteiger partial charge in [0.2, 0.25) is 11.8 Å². The molecule has 0 spiro atoms. The van der Waals surface area contributed by atoms with Gasteiger partial charge in [0.1, 0.15) is 6.54 Å². The number of anilines is 1. The minimum absolute atomic E-state index is 0.0329. The van der Waals surface area contributed by atoms with Crippen LogP contribution in [0.5, 0.6) is 5.88 Å². The van der Waals surface area contributed by atoms with Gasteiger partial charge in [-0.05, 0) is 35.8 Å². The molecule has 9 heteroatoms. The first-order valence-corrected chi connectivity index (χ1v) is 9.46. The molecule has 0 radical (unpaired) electrons. The molecule has 0 unspecified atom stereocenters. The average Bonchev–Trinajstić information content (AvgIpc) is 2.77. The molecular formula is C21H20F2N4O3. The summed E-state index contributed by atoms with van der Waals surface area (Å²) < 4.78 is 32.8. The highest BCUT2D eigenvalue weighted by molar-refractivity contribution is 5.95. The standard InChI is InChI=1S/C21H20F2N4O3/c1-30-18-9-13(6-7-24-18)14-3-2-8-26(10-14)19(28)12-27-11-15-17(25-21(27)29)5-4-16(22)20(15)23/h3-7,9H,2,8,10-12H2,1H3,(H,25,29). The lowest BCUT2D eigenvalue weighted by Gasteiger charge is -2.33. The zero-order valence-electron chi connectivity index (χ0n) is 16.3. The number of amides is 3. The SMILES string of the molecule is COc1cc(C2=CCCN(C(=O)CN3Cc4c(ccc(F)c4F)NC3=O)C2)ccn1. The van der Waals surface area contributed by atoms with Crippen LogP contribution in [0.1, 0.15) is 17.5 Å². The van der Waals surface area contributed by atoms with Gasteiger partial charge in [-0.1, -0.05) is 6.08 Å². The van der Waals surface area contributed by atoms with Gasteiger partial charge in [-0.2, -0.15) is 0 Å². The monoisotopic (exact) mass is 414 g/mol. The summed E-state index contributed by atoms with van der Waals surface area (Å²) in [7, 11) is 1.54. The van der Waals surface area contributed by atoms with Crippen molar-refractivity contribution in [3.63, 3.8) is 0 Å². The molecule has 2 aromatic rings. The second-order valence-corrected chi connectivity index (χ2v) is 7.09. The molecule has 0 fully saturated rings. The highest BCUT2D eigenvalue weighted by Crippen LogP contribution is 2.28. The zero-order chi connectivity index (χ0) is 21.3. The van der Waals surface area contributed by atoms with Crippen LogP contribution in [0.2, 0.25) is 0 Å². The number of carbonyl (C=O) groups excluding carboxylic acids is 2. The minimum atomic E-state index is -1.01. The maximum absolute atomic E-state index is 14.1. The number of aromatic nitrogens is 1. The maximum Gasteiger partial charge on any atom is 0.322 e. The Kier molecular flexibility index (Phi) is 5.35. The molecule has 0 aliphatic carbocycles. The number of benzene rings is 1. The first-order valence-electron chi connectivity index (χ1n) is 9.46. The molecule has 0 saturated carbocycles. The van der Waals surface area contributed by atoms with E-state index in [4.69, 9.17) is 4.74 Å². The quantitative estimate of drug-likeness (QED) is 0.835. The van der Waals surface area contributed by atoms with E-state index >= 15 is 0 Å². The van der Waals surface area contributed by atoms with Crippen molar-refractivity contribution in [1.29, 1.82) is 0 Å². The molecule has 1 aromatic carbocycles. The number of carbonyl (C=O) groups is 2. The predicted molar refractivity (Wildman–Crippen MR) is 106 cm³/mol. The number of hydrogen-bond donors (Lipinski definition) is 1. The van der Waals surface area contributed by atoms with Crippen molar-refractivity contribution in [3.8, 4) is 5.88 Å². The molecule has 0 bridgehead atoms. The van der Waals surface area contributed by atoms with E-state index in [1.54, 1.807) is 17.2 Å². The van der Waals surface area contributed by atoms with Crippen LogP contribution in [0.25, 0.3) is 5.57 Å². The molecule has 2 aliphatic rings. The van der Waals surface area contributed by atoms with Crippen molar-refractivity contribution < 1.29 is 23.1 Å². The van der Waals surface area contributed by atoms with Crippen LogP contribution in [0.15, 0.2) is 36.5 Å². The fraction of sp³-hybridized carbons (Fsp3) is 0.286. The highest BCUT2D eigenvalue weighted by atomic mass is 19.2. The summed E-state index contributed by atoms with van der Waals surface area (Å²) in [4.78, 5) is 32.1. The maximum atomic E-state index is 14.1. The summed E-state index contributed by atoms with van der Waals surface area (Å²) in [5.74, 6) is -1.79. The Balaban J connectivity index is 1.45. The summed E-state index contributed by atoms with van der Waals surface area (Å²) >= 11 is 0. The number of hydrogen-bond acceptors (Lipinski definition) is 4. The number of halogens is 2. The smallest absolute Gasteiger partial charge is 0.322 e. The molecule has 156 valence electrons. The van der Waals surface area contributed by atoms with Crippen molar-refractivity contribution in [3.05, 3.63) is 59.3 Å². The van der Waals surface area contributed by atoms with Crippen LogP contribution >= 0.6 is 0 Å². The van der Waals surface area contributed by atoms with Gasteiger partial charge in [0.25, 0.3) is 0 Å². The van der Waals surface area contributed by atoms with Crippen molar-refractivity contribution in [2.75, 3.05) is 32.1 Å². The van der Waals surface area contributed by atoms with Gasteiger partial charge in [-0.3, -0.25) is 4.79 Å². The number of methoxy groups -OCH3 is 1. The molecule has 4 rings (SSSR count). The van der Waals surface area contributed by atoms with Crippen LogP contribution in [-0.2, 0) is 11.3 Å². The average molecular weight is 414 g/mol. The summed E-state index contributed by atoms with van der Waals surface area (Å²) in [6.45, 7) is 0.489. The van der Waals surface area contributed by atoms with Crippen LogP contribution in [0.4, 0.5) is 19.3 Å². The number of nitrogens with one attached hydrogen (secondary N) is 1. The summed E-state index contributed by atoms with van der Waals surface area (Å²) in [5, 5.41) is 2.51. The van der Waals surface area contributed by atoms with Gasteiger partial charge in [-0.15, -0.1) is 0 Å². The Morgan fingerprint density at radius 3 is 2.90 bits per heavy atom. The van der Waals surface area contributed by atoms with E-state index in [2.05, 4.69) is 16.4 Å². The summed E-state index contributed by atoms with van der Waals surface area (Å²) in [5.41, 5.74) is 2.11. The van der Waals surface area contributed by atoms with Crippen LogP contribution < -0.4 is 10.1 Å². The Bertz CT molecular complexity index is 1040. The van der Waals surface area contributed by atoms with Gasteiger partial charge < -0.3 is 19.9 Å². The topological polar surface area (TPSA) is 74.8 Å². The normalized spacial score (nSPS) is 16.0. The van der Waals surface area contributed by atoms with Gasteiger partial charge >= 0.3 is 6.03 Å². The lowest BCUT2D eigenvalue weighted by atomic mass is 10.0. The molecule has 0 atom stereocenters. The number of pyridine rings is 1. The van der Waals surface area contributed by atoms with Gasteiger partial charge in [-0.25, -0.2) is 18.6 Å². The largest absolute Gasteiger partial charge is 0.481 e. The first kappa shape index (κ1) is 19.8. The number of ether oxygens (including phenoxy) is 1. The van der Waals surface area contributed by atoms with Crippen molar-refractivity contribution in [1.82, 2.24) is 14.8 Å². The number of fused-ring (bicyclic) bond motifs is 1. The van der Waals surface area contributed by atoms with Gasteiger partial charge in [0.05, 0.1) is 19.3 Å². The molecule has 3 heterocycles. The van der Waals surface area contributed by atoms with E-state index in [0.29, 0.717) is 25.4 Å². The van der Waals surface area contributed by atoms with Crippen LogP contribution in [-0.4, -0.2) is 53.5 Å². The third-order valence-electron chi connectivity index (χ3n) is 5.22. The number of urea groups is 1. The predicted octanol–water partition coefficient (Wildman–Crippen LogP) is 3.03. The first-order chi connectivity index (χ1) is 14.5. The van der Waals surface area contributed by atoms with E-state index < -0.39 is 17.7 Å². The Hall–Kier alpha value is -3.49. The second-order valence-electron chi connectivity index (χ2n) is 7.09. The molecule has 7 nitrogen and oxygen atoms in total. The molecule has 0 saturated heterocycles. The van der Waals surface area contributed by atoms with Crippen molar-refractivity contribution >= 4 is 23.2 Å². The summed E-state index contributed by atoms with van der Waals surface area (Å²) in [6.07, 6.45) is 4.36. The van der Waals surface area contributed by atoms with E-state index in [1.807, 2.05) is 6.07 Å². The van der Waals surface area contributed by atoms with E-state index in [0.717, 1.165) is 17.2 Å². The fourth-order valence-corrected chi connectivity index (χ4v) is 3.60. The number of rotatable bonds is 4. The molecule has 3 amide bonds. The lowest BCUT2D eigenvalue weighted by Crippen LogP contribution is -2.47. The fourth-order valence-electron chi connectivity index (χ4n) is 3.60. The molecule has 30 heavy (non-hydrogen) atoms. The Morgan fingerprint density at radius 1 is 1.27 bits per heavy atom. The van der Waals surface area contributed by atoms with Crippen molar-refractivity contribution in [2.45, 2.75) is 13.0 Å². The zero-order valence-corrected chi connectivity index (χ0v) is 16.3. The number of nitrogens with zero attached hydrogens (tertiary/aromatic N) is 3. The van der Waals surface area contributed by atoms with Gasteiger partial charge in [0, 0.05) is 30.9 Å². The molecule has 1 aromatic heterocycles. The molecular weight excluding hydrogens is 394 g/mol. The molecule has 2 aliphatic heterocycles. The third kappa shape index (κ3) is 3.83. The Morgan fingerprint density at radius 2 is 2.10 bits per heavy atom.